The first kappa shape index (κ1) is 19.7. The van der Waals surface area contributed by atoms with E-state index in [0.717, 1.165) is 6.42 Å². The van der Waals surface area contributed by atoms with Crippen LogP contribution in [-0.2, 0) is 16.0 Å². The van der Waals surface area contributed by atoms with Crippen molar-refractivity contribution in [2.75, 3.05) is 26.2 Å². The minimum atomic E-state index is -0.609. The van der Waals surface area contributed by atoms with Gasteiger partial charge in [0.25, 0.3) is 0 Å². The molecule has 0 unspecified atom stereocenters. The van der Waals surface area contributed by atoms with Gasteiger partial charge in [-0.3, -0.25) is 9.59 Å². The predicted octanol–water partition coefficient (Wildman–Crippen LogP) is 0.420. The monoisotopic (exact) mass is 367 g/mol. The summed E-state index contributed by atoms with van der Waals surface area (Å²) in [5.74, 6) is -0.301. The summed E-state index contributed by atoms with van der Waals surface area (Å²) in [6.45, 7) is 1.94. The molecule has 1 aliphatic carbocycles. The molecular formula is C18H26ClN3O3. The van der Waals surface area contributed by atoms with Crippen LogP contribution >= 0.6 is 12.4 Å². The zero-order valence-corrected chi connectivity index (χ0v) is 15.0. The van der Waals surface area contributed by atoms with E-state index in [2.05, 4.69) is 12.1 Å². The lowest BCUT2D eigenvalue weighted by Crippen LogP contribution is -2.53. The van der Waals surface area contributed by atoms with Gasteiger partial charge in [-0.05, 0) is 24.8 Å². The second-order valence-corrected chi connectivity index (χ2v) is 6.78. The molecule has 0 radical (unpaired) electrons. The fraction of sp³-hybridized carbons (Fsp3) is 0.556. The second-order valence-electron chi connectivity index (χ2n) is 6.78. The zero-order valence-electron chi connectivity index (χ0n) is 14.2. The van der Waals surface area contributed by atoms with Gasteiger partial charge in [0, 0.05) is 31.6 Å². The van der Waals surface area contributed by atoms with Crippen molar-refractivity contribution in [3.05, 3.63) is 35.9 Å². The van der Waals surface area contributed by atoms with Crippen LogP contribution in [0.25, 0.3) is 0 Å². The van der Waals surface area contributed by atoms with Crippen molar-refractivity contribution < 1.29 is 14.7 Å². The molecule has 6 nitrogen and oxygen atoms in total. The van der Waals surface area contributed by atoms with E-state index in [0.29, 0.717) is 32.5 Å². The van der Waals surface area contributed by atoms with Crippen LogP contribution in [0.15, 0.2) is 30.3 Å². The maximum Gasteiger partial charge on any atom is 0.242 e. The van der Waals surface area contributed by atoms with Crippen LogP contribution < -0.4 is 5.73 Å². The average molecular weight is 368 g/mol. The Bertz CT molecular complexity index is 588. The van der Waals surface area contributed by atoms with E-state index in [4.69, 9.17) is 5.73 Å². The maximum absolute atomic E-state index is 12.5. The van der Waals surface area contributed by atoms with Crippen molar-refractivity contribution in [3.8, 4) is 0 Å². The molecule has 1 saturated carbocycles. The highest BCUT2D eigenvalue weighted by Gasteiger charge is 2.38. The van der Waals surface area contributed by atoms with Gasteiger partial charge in [0.15, 0.2) is 0 Å². The number of aliphatic hydroxyl groups excluding tert-OH is 1. The first-order chi connectivity index (χ1) is 11.5. The Morgan fingerprint density at radius 3 is 2.52 bits per heavy atom. The van der Waals surface area contributed by atoms with Crippen LogP contribution in [0.3, 0.4) is 0 Å². The van der Waals surface area contributed by atoms with Crippen molar-refractivity contribution in [2.45, 2.75) is 31.4 Å². The Hall–Kier alpha value is -1.63. The quantitative estimate of drug-likeness (QED) is 0.807. The third kappa shape index (κ3) is 4.71. The number of nitrogens with two attached hydrogens (primary N) is 1. The summed E-state index contributed by atoms with van der Waals surface area (Å²) < 4.78 is 0. The molecule has 138 valence electrons. The standard InChI is InChI=1S/C18H25N3O3.ClH/c19-15-10-14(11-16(15)22)18(24)21-9-8-20(17(23)12-21)7-6-13-4-2-1-3-5-13;/h1-5,14-16,22H,6-12,19H2;1H/t14-,15+,16+;/m0./s1. The molecule has 7 heteroatoms. The molecule has 1 heterocycles. The van der Waals surface area contributed by atoms with E-state index >= 15 is 0 Å². The number of aliphatic hydroxyl groups is 1. The summed E-state index contributed by atoms with van der Waals surface area (Å²) in [7, 11) is 0. The van der Waals surface area contributed by atoms with Gasteiger partial charge in [-0.15, -0.1) is 12.4 Å². The summed E-state index contributed by atoms with van der Waals surface area (Å²) >= 11 is 0. The van der Waals surface area contributed by atoms with E-state index in [1.807, 2.05) is 23.1 Å². The Labute approximate surface area is 154 Å². The number of halogens is 1. The number of amides is 2. The van der Waals surface area contributed by atoms with Gasteiger partial charge in [0.05, 0.1) is 12.6 Å². The van der Waals surface area contributed by atoms with E-state index in [1.165, 1.54) is 5.56 Å². The molecular weight excluding hydrogens is 342 g/mol. The molecule has 2 fully saturated rings. The molecule has 1 saturated heterocycles. The highest BCUT2D eigenvalue weighted by atomic mass is 35.5. The van der Waals surface area contributed by atoms with Crippen molar-refractivity contribution >= 4 is 24.2 Å². The Morgan fingerprint density at radius 1 is 1.20 bits per heavy atom. The van der Waals surface area contributed by atoms with Crippen molar-refractivity contribution in [1.29, 1.82) is 0 Å². The van der Waals surface area contributed by atoms with Gasteiger partial charge in [-0.1, -0.05) is 30.3 Å². The fourth-order valence-corrected chi connectivity index (χ4v) is 3.55. The van der Waals surface area contributed by atoms with Gasteiger partial charge in [-0.25, -0.2) is 0 Å². The predicted molar refractivity (Wildman–Crippen MR) is 97.3 cm³/mol. The van der Waals surface area contributed by atoms with Crippen molar-refractivity contribution in [2.24, 2.45) is 11.7 Å². The zero-order chi connectivity index (χ0) is 17.1. The molecule has 3 N–H and O–H groups in total. The normalized spacial score (nSPS) is 26.5. The molecule has 25 heavy (non-hydrogen) atoms. The molecule has 0 bridgehead atoms. The number of carbonyl (C=O) groups excluding carboxylic acids is 2. The van der Waals surface area contributed by atoms with Crippen LogP contribution in [0.4, 0.5) is 0 Å². The molecule has 3 rings (SSSR count). The third-order valence-corrected chi connectivity index (χ3v) is 5.07. The number of benzene rings is 1. The van der Waals surface area contributed by atoms with Gasteiger partial charge in [0.1, 0.15) is 0 Å². The second kappa shape index (κ2) is 8.65. The lowest BCUT2D eigenvalue weighted by Gasteiger charge is -2.35. The van der Waals surface area contributed by atoms with Gasteiger partial charge in [0.2, 0.25) is 11.8 Å². The largest absolute Gasteiger partial charge is 0.391 e. The number of rotatable bonds is 4. The highest BCUT2D eigenvalue weighted by molar-refractivity contribution is 5.87. The van der Waals surface area contributed by atoms with Crippen molar-refractivity contribution in [3.63, 3.8) is 0 Å². The Morgan fingerprint density at radius 2 is 1.92 bits per heavy atom. The molecule has 2 amide bonds. The minimum Gasteiger partial charge on any atom is -0.391 e. The minimum absolute atomic E-state index is 0. The lowest BCUT2D eigenvalue weighted by molar-refractivity contribution is -0.147. The number of piperazine rings is 1. The summed E-state index contributed by atoms with van der Waals surface area (Å²) in [4.78, 5) is 28.3. The van der Waals surface area contributed by atoms with Crippen LogP contribution in [0.5, 0.6) is 0 Å². The maximum atomic E-state index is 12.5. The number of carbonyl (C=O) groups is 2. The van der Waals surface area contributed by atoms with E-state index < -0.39 is 6.10 Å². The van der Waals surface area contributed by atoms with E-state index in [-0.39, 0.29) is 42.7 Å². The van der Waals surface area contributed by atoms with Gasteiger partial charge < -0.3 is 20.6 Å². The van der Waals surface area contributed by atoms with Crippen LogP contribution in [-0.4, -0.2) is 65.0 Å². The molecule has 2 aliphatic rings. The highest BCUT2D eigenvalue weighted by Crippen LogP contribution is 2.27. The third-order valence-electron chi connectivity index (χ3n) is 5.07. The van der Waals surface area contributed by atoms with Crippen LogP contribution in [0.2, 0.25) is 0 Å². The molecule has 1 aliphatic heterocycles. The summed E-state index contributed by atoms with van der Waals surface area (Å²) in [6.07, 6.45) is 1.12. The molecule has 3 atom stereocenters. The Kier molecular flexibility index (Phi) is 6.81. The Balaban J connectivity index is 0.00000225. The van der Waals surface area contributed by atoms with Crippen LogP contribution in [0, 0.1) is 5.92 Å². The number of nitrogens with zero attached hydrogens (tertiary/aromatic N) is 2. The number of hydrogen-bond acceptors (Lipinski definition) is 4. The SMILES string of the molecule is Cl.N[C@@H]1C[C@H](C(=O)N2CCN(CCc3ccccc3)C(=O)C2)C[C@H]1O. The van der Waals surface area contributed by atoms with Crippen molar-refractivity contribution in [1.82, 2.24) is 9.80 Å². The van der Waals surface area contributed by atoms with E-state index in [1.54, 1.807) is 4.90 Å². The first-order valence-corrected chi connectivity index (χ1v) is 8.58. The van der Waals surface area contributed by atoms with Crippen LogP contribution in [0.1, 0.15) is 18.4 Å². The number of hydrogen-bond donors (Lipinski definition) is 2. The van der Waals surface area contributed by atoms with E-state index in [9.17, 15) is 14.7 Å². The molecule has 0 aromatic heterocycles. The topological polar surface area (TPSA) is 86.9 Å². The summed E-state index contributed by atoms with van der Waals surface area (Å²) in [5.41, 5.74) is 6.99. The molecule has 1 aromatic carbocycles. The van der Waals surface area contributed by atoms with Gasteiger partial charge in [-0.2, -0.15) is 0 Å². The molecule has 1 aromatic rings. The fourth-order valence-electron chi connectivity index (χ4n) is 3.55. The lowest BCUT2D eigenvalue weighted by atomic mass is 10.1. The average Bonchev–Trinajstić information content (AvgIpc) is 2.93. The summed E-state index contributed by atoms with van der Waals surface area (Å²) in [5, 5.41) is 9.72. The summed E-state index contributed by atoms with van der Waals surface area (Å²) in [6, 6.07) is 9.74. The molecule has 0 spiro atoms. The smallest absolute Gasteiger partial charge is 0.242 e. The first-order valence-electron chi connectivity index (χ1n) is 8.58. The van der Waals surface area contributed by atoms with Gasteiger partial charge >= 0.3 is 0 Å².